The van der Waals surface area contributed by atoms with Gasteiger partial charge in [-0.25, -0.2) is 0 Å². The van der Waals surface area contributed by atoms with Gasteiger partial charge in [-0.3, -0.25) is 0 Å². The number of hydrogen-bond donors (Lipinski definition) is 2. The molecule has 0 aromatic rings. The van der Waals surface area contributed by atoms with Gasteiger partial charge in [0.25, 0.3) is 0 Å². The van der Waals surface area contributed by atoms with Crippen LogP contribution in [0.4, 0.5) is 0 Å². The molecule has 2 fully saturated rings. The number of aliphatic hydroxyl groups excluding tert-OH is 1. The van der Waals surface area contributed by atoms with Crippen LogP contribution < -0.4 is 5.32 Å². The Morgan fingerprint density at radius 2 is 2.08 bits per heavy atom. The molecule has 0 amide bonds. The first-order chi connectivity index (χ1) is 5.83. The zero-order valence-corrected chi connectivity index (χ0v) is 7.38. The monoisotopic (exact) mass is 171 g/mol. The first-order valence-corrected chi connectivity index (χ1v) is 4.84. The fourth-order valence-electron chi connectivity index (χ4n) is 2.27. The molecule has 2 heterocycles. The molecule has 3 heteroatoms. The van der Waals surface area contributed by atoms with Crippen LogP contribution in [-0.4, -0.2) is 36.5 Å². The molecule has 2 N–H and O–H groups in total. The maximum Gasteiger partial charge on any atom is 0.0723 e. The predicted molar refractivity (Wildman–Crippen MR) is 46.0 cm³/mol. The fraction of sp³-hybridized carbons (Fsp3) is 1.00. The molecule has 2 aliphatic heterocycles. The second-order valence-electron chi connectivity index (χ2n) is 3.85. The summed E-state index contributed by atoms with van der Waals surface area (Å²) in [6.45, 7) is 2.64. The van der Waals surface area contributed by atoms with Gasteiger partial charge in [0.15, 0.2) is 0 Å². The Balaban J connectivity index is 2.04. The van der Waals surface area contributed by atoms with Crippen LogP contribution in [0.2, 0.25) is 0 Å². The molecule has 70 valence electrons. The lowest BCUT2D eigenvalue weighted by atomic mass is 9.80. The summed E-state index contributed by atoms with van der Waals surface area (Å²) >= 11 is 0. The van der Waals surface area contributed by atoms with Gasteiger partial charge in [-0.05, 0) is 32.2 Å². The van der Waals surface area contributed by atoms with Crippen molar-refractivity contribution in [3.8, 4) is 0 Å². The average Bonchev–Trinajstić information content (AvgIpc) is 2.12. The van der Waals surface area contributed by atoms with Crippen LogP contribution in [0.15, 0.2) is 0 Å². The second-order valence-corrected chi connectivity index (χ2v) is 3.85. The van der Waals surface area contributed by atoms with Crippen molar-refractivity contribution >= 4 is 0 Å². The standard InChI is InChI=1S/C9H17NO2/c11-8-2-1-5-10-9(8)3-6-12-7-4-9/h8,10-11H,1-7H2. The third kappa shape index (κ3) is 1.37. The van der Waals surface area contributed by atoms with Gasteiger partial charge < -0.3 is 15.2 Å². The van der Waals surface area contributed by atoms with Crippen molar-refractivity contribution in [3.05, 3.63) is 0 Å². The quantitative estimate of drug-likeness (QED) is 0.550. The Morgan fingerprint density at radius 3 is 2.75 bits per heavy atom. The lowest BCUT2D eigenvalue weighted by molar-refractivity contribution is -0.0447. The van der Waals surface area contributed by atoms with Crippen LogP contribution in [0.1, 0.15) is 25.7 Å². The summed E-state index contributed by atoms with van der Waals surface area (Å²) in [7, 11) is 0. The van der Waals surface area contributed by atoms with Gasteiger partial charge in [0.1, 0.15) is 0 Å². The molecule has 2 rings (SSSR count). The molecule has 0 radical (unpaired) electrons. The first kappa shape index (κ1) is 8.48. The lowest BCUT2D eigenvalue weighted by Crippen LogP contribution is -2.60. The summed E-state index contributed by atoms with van der Waals surface area (Å²) in [6, 6.07) is 0. The predicted octanol–water partition coefficient (Wildman–Crippen LogP) is 0.280. The van der Waals surface area contributed by atoms with Gasteiger partial charge in [0, 0.05) is 18.8 Å². The Kier molecular flexibility index (Phi) is 2.35. The number of nitrogens with one attached hydrogen (secondary N) is 1. The highest BCUT2D eigenvalue weighted by Crippen LogP contribution is 2.29. The van der Waals surface area contributed by atoms with Crippen molar-refractivity contribution in [1.82, 2.24) is 5.32 Å². The van der Waals surface area contributed by atoms with E-state index in [1.54, 1.807) is 0 Å². The smallest absolute Gasteiger partial charge is 0.0723 e. The van der Waals surface area contributed by atoms with Crippen LogP contribution in [0.25, 0.3) is 0 Å². The third-order valence-corrected chi connectivity index (χ3v) is 3.15. The van der Waals surface area contributed by atoms with Crippen molar-refractivity contribution in [2.24, 2.45) is 0 Å². The van der Waals surface area contributed by atoms with E-state index in [1.165, 1.54) is 0 Å². The molecule has 0 saturated carbocycles. The Hall–Kier alpha value is -0.120. The van der Waals surface area contributed by atoms with Crippen molar-refractivity contribution in [2.45, 2.75) is 37.3 Å². The Morgan fingerprint density at radius 1 is 1.33 bits per heavy atom. The van der Waals surface area contributed by atoms with E-state index in [9.17, 15) is 5.11 Å². The van der Waals surface area contributed by atoms with E-state index in [4.69, 9.17) is 4.74 Å². The highest BCUT2D eigenvalue weighted by molar-refractivity contribution is 4.98. The van der Waals surface area contributed by atoms with E-state index >= 15 is 0 Å². The maximum absolute atomic E-state index is 9.87. The largest absolute Gasteiger partial charge is 0.391 e. The van der Waals surface area contributed by atoms with Gasteiger partial charge in [0.2, 0.25) is 0 Å². The van der Waals surface area contributed by atoms with Crippen LogP contribution in [0.5, 0.6) is 0 Å². The normalized spacial score (nSPS) is 35.2. The van der Waals surface area contributed by atoms with Crippen LogP contribution in [0, 0.1) is 0 Å². The van der Waals surface area contributed by atoms with Crippen LogP contribution >= 0.6 is 0 Å². The van der Waals surface area contributed by atoms with Crippen molar-refractivity contribution in [2.75, 3.05) is 19.8 Å². The number of rotatable bonds is 0. The lowest BCUT2D eigenvalue weighted by Gasteiger charge is -2.44. The first-order valence-electron chi connectivity index (χ1n) is 4.84. The van der Waals surface area contributed by atoms with Gasteiger partial charge in [-0.2, -0.15) is 0 Å². The Labute approximate surface area is 73.1 Å². The SMILES string of the molecule is OC1CCCNC12CCOCC2. The summed E-state index contributed by atoms with van der Waals surface area (Å²) in [5.41, 5.74) is -0.00347. The van der Waals surface area contributed by atoms with E-state index in [0.29, 0.717) is 0 Å². The number of piperidine rings is 1. The molecule has 3 nitrogen and oxygen atoms in total. The third-order valence-electron chi connectivity index (χ3n) is 3.15. The van der Waals surface area contributed by atoms with Crippen molar-refractivity contribution in [1.29, 1.82) is 0 Å². The minimum Gasteiger partial charge on any atom is -0.391 e. The molecule has 1 unspecified atom stereocenters. The van der Waals surface area contributed by atoms with Gasteiger partial charge in [-0.15, -0.1) is 0 Å². The minimum absolute atomic E-state index is 0.00347. The van der Waals surface area contributed by atoms with Crippen molar-refractivity contribution in [3.63, 3.8) is 0 Å². The molecule has 0 bridgehead atoms. The summed E-state index contributed by atoms with van der Waals surface area (Å²) < 4.78 is 5.29. The molecule has 0 aliphatic carbocycles. The zero-order chi connectivity index (χ0) is 8.44. The summed E-state index contributed by atoms with van der Waals surface area (Å²) in [5.74, 6) is 0. The maximum atomic E-state index is 9.87. The molecule has 2 saturated heterocycles. The molecular weight excluding hydrogens is 154 g/mol. The summed E-state index contributed by atoms with van der Waals surface area (Å²) in [5, 5.41) is 13.3. The molecule has 0 aromatic heterocycles. The molecule has 2 aliphatic rings. The number of hydrogen-bond acceptors (Lipinski definition) is 3. The summed E-state index contributed by atoms with van der Waals surface area (Å²) in [4.78, 5) is 0. The molecule has 12 heavy (non-hydrogen) atoms. The van der Waals surface area contributed by atoms with Gasteiger partial charge >= 0.3 is 0 Å². The summed E-state index contributed by atoms with van der Waals surface area (Å²) in [6.07, 6.45) is 3.83. The topological polar surface area (TPSA) is 41.5 Å². The zero-order valence-electron chi connectivity index (χ0n) is 7.38. The van der Waals surface area contributed by atoms with Crippen LogP contribution in [-0.2, 0) is 4.74 Å². The minimum atomic E-state index is -0.157. The van der Waals surface area contributed by atoms with E-state index in [1.807, 2.05) is 0 Å². The van der Waals surface area contributed by atoms with Crippen molar-refractivity contribution < 1.29 is 9.84 Å². The van der Waals surface area contributed by atoms with Crippen LogP contribution in [0.3, 0.4) is 0 Å². The van der Waals surface area contributed by atoms with E-state index in [0.717, 1.165) is 45.4 Å². The number of aliphatic hydroxyl groups is 1. The Bertz CT molecular complexity index is 146. The van der Waals surface area contributed by atoms with Gasteiger partial charge in [0.05, 0.1) is 6.10 Å². The molecule has 1 atom stereocenters. The highest BCUT2D eigenvalue weighted by Gasteiger charge is 2.40. The molecule has 1 spiro atoms. The molecule has 0 aromatic carbocycles. The van der Waals surface area contributed by atoms with Gasteiger partial charge in [-0.1, -0.05) is 0 Å². The average molecular weight is 171 g/mol. The number of ether oxygens (including phenoxy) is 1. The highest BCUT2D eigenvalue weighted by atomic mass is 16.5. The van der Waals surface area contributed by atoms with E-state index in [2.05, 4.69) is 5.32 Å². The van der Waals surface area contributed by atoms with E-state index in [-0.39, 0.29) is 11.6 Å². The molecular formula is C9H17NO2. The van der Waals surface area contributed by atoms with E-state index < -0.39 is 0 Å². The fourth-order valence-corrected chi connectivity index (χ4v) is 2.27. The second kappa shape index (κ2) is 3.32.